The Kier molecular flexibility index (Phi) is 10.7. The highest BCUT2D eigenvalue weighted by Gasteiger charge is 2.19. The van der Waals surface area contributed by atoms with Gasteiger partial charge in [-0.1, -0.05) is 20.3 Å². The Balaban J connectivity index is 0. The second kappa shape index (κ2) is 9.96. The summed E-state index contributed by atoms with van der Waals surface area (Å²) < 4.78 is 1.93. The van der Waals surface area contributed by atoms with Gasteiger partial charge in [0.1, 0.15) is 6.33 Å². The lowest BCUT2D eigenvalue weighted by atomic mass is 9.99. The zero-order chi connectivity index (χ0) is 13.7. The Morgan fingerprint density at radius 1 is 1.40 bits per heavy atom. The summed E-state index contributed by atoms with van der Waals surface area (Å²) in [5.41, 5.74) is 5.85. The van der Waals surface area contributed by atoms with Gasteiger partial charge in [0.2, 0.25) is 5.91 Å². The van der Waals surface area contributed by atoms with Crippen molar-refractivity contribution in [3.63, 3.8) is 0 Å². The second-order valence-electron chi connectivity index (χ2n) is 4.88. The fourth-order valence-electron chi connectivity index (χ4n) is 1.62. The van der Waals surface area contributed by atoms with Gasteiger partial charge in [-0.2, -0.15) is 0 Å². The van der Waals surface area contributed by atoms with Crippen LogP contribution in [0.15, 0.2) is 6.33 Å². The Morgan fingerprint density at radius 3 is 2.50 bits per heavy atom. The van der Waals surface area contributed by atoms with Crippen molar-refractivity contribution in [2.45, 2.75) is 52.7 Å². The van der Waals surface area contributed by atoms with E-state index in [-0.39, 0.29) is 42.7 Å². The highest BCUT2D eigenvalue weighted by Crippen LogP contribution is 2.07. The topological polar surface area (TPSA) is 85.8 Å². The molecule has 1 aromatic heterocycles. The molecule has 8 heteroatoms. The van der Waals surface area contributed by atoms with Crippen LogP contribution in [-0.2, 0) is 11.3 Å². The van der Waals surface area contributed by atoms with Crippen molar-refractivity contribution in [2.75, 3.05) is 0 Å². The van der Waals surface area contributed by atoms with Gasteiger partial charge in [0.25, 0.3) is 0 Å². The van der Waals surface area contributed by atoms with Gasteiger partial charge in [0.05, 0.1) is 12.6 Å². The van der Waals surface area contributed by atoms with Crippen molar-refractivity contribution >= 4 is 30.7 Å². The zero-order valence-corrected chi connectivity index (χ0v) is 14.0. The van der Waals surface area contributed by atoms with Gasteiger partial charge in [-0.3, -0.25) is 4.79 Å². The number of hydrogen-bond donors (Lipinski definition) is 2. The third kappa shape index (κ3) is 5.64. The Morgan fingerprint density at radius 2 is 2.00 bits per heavy atom. The highest BCUT2D eigenvalue weighted by atomic mass is 35.5. The molecular formula is C12H25Cl2N5O. The van der Waals surface area contributed by atoms with Crippen LogP contribution in [0.1, 0.15) is 46.0 Å². The standard InChI is InChI=1S/C12H23N5O.2ClH/c1-5-9(4)11(13)12(18)14-6-10-16-15-7-17(10)8(2)3;;/h7-9,11H,5-6,13H2,1-4H3,(H,14,18);2*1H. The van der Waals surface area contributed by atoms with Crippen molar-refractivity contribution in [2.24, 2.45) is 11.7 Å². The molecule has 0 saturated heterocycles. The highest BCUT2D eigenvalue weighted by molar-refractivity contribution is 5.85. The van der Waals surface area contributed by atoms with Crippen LogP contribution in [0.5, 0.6) is 0 Å². The van der Waals surface area contributed by atoms with Gasteiger partial charge >= 0.3 is 0 Å². The van der Waals surface area contributed by atoms with E-state index in [4.69, 9.17) is 5.73 Å². The number of nitrogens with zero attached hydrogens (tertiary/aromatic N) is 3. The molecule has 1 rings (SSSR count). The smallest absolute Gasteiger partial charge is 0.237 e. The van der Waals surface area contributed by atoms with E-state index in [1.165, 1.54) is 0 Å². The molecule has 0 aromatic carbocycles. The molecule has 0 fully saturated rings. The summed E-state index contributed by atoms with van der Waals surface area (Å²) in [5, 5.41) is 10.6. The molecule has 0 aliphatic heterocycles. The summed E-state index contributed by atoms with van der Waals surface area (Å²) in [5.74, 6) is 0.783. The molecule has 1 heterocycles. The van der Waals surface area contributed by atoms with Crippen LogP contribution in [0.4, 0.5) is 0 Å². The van der Waals surface area contributed by atoms with Gasteiger partial charge in [-0.05, 0) is 19.8 Å². The van der Waals surface area contributed by atoms with Gasteiger partial charge < -0.3 is 15.6 Å². The lowest BCUT2D eigenvalue weighted by Crippen LogP contribution is -2.44. The largest absolute Gasteiger partial charge is 0.347 e. The minimum absolute atomic E-state index is 0. The Hall–Kier alpha value is -0.850. The van der Waals surface area contributed by atoms with Gasteiger partial charge in [-0.25, -0.2) is 0 Å². The molecule has 0 saturated carbocycles. The molecule has 3 N–H and O–H groups in total. The number of nitrogens with one attached hydrogen (secondary N) is 1. The first kappa shape index (κ1) is 21.4. The molecule has 0 aliphatic rings. The number of carbonyl (C=O) groups excluding carboxylic acids is 1. The first-order valence-electron chi connectivity index (χ1n) is 6.39. The van der Waals surface area contributed by atoms with Crippen molar-refractivity contribution in [3.8, 4) is 0 Å². The summed E-state index contributed by atoms with van der Waals surface area (Å²) in [6, 6.07) is -0.194. The number of aromatic nitrogens is 3. The van der Waals surface area contributed by atoms with Crippen LogP contribution in [0.2, 0.25) is 0 Å². The van der Waals surface area contributed by atoms with Gasteiger partial charge in [-0.15, -0.1) is 35.0 Å². The van der Waals surface area contributed by atoms with E-state index in [1.54, 1.807) is 6.33 Å². The van der Waals surface area contributed by atoms with Crippen LogP contribution >= 0.6 is 24.8 Å². The van der Waals surface area contributed by atoms with Crippen LogP contribution in [-0.4, -0.2) is 26.7 Å². The van der Waals surface area contributed by atoms with E-state index in [0.717, 1.165) is 12.2 Å². The molecule has 0 spiro atoms. The maximum absolute atomic E-state index is 11.8. The molecule has 0 aliphatic carbocycles. The molecule has 0 radical (unpaired) electrons. The molecule has 1 aromatic rings. The molecule has 20 heavy (non-hydrogen) atoms. The SMILES string of the molecule is CCC(C)C(N)C(=O)NCc1nncn1C(C)C.Cl.Cl. The van der Waals surface area contributed by atoms with Crippen LogP contribution < -0.4 is 11.1 Å². The molecule has 1 amide bonds. The summed E-state index contributed by atoms with van der Waals surface area (Å²) in [4.78, 5) is 11.8. The van der Waals surface area contributed by atoms with E-state index < -0.39 is 6.04 Å². The van der Waals surface area contributed by atoms with E-state index >= 15 is 0 Å². The van der Waals surface area contributed by atoms with E-state index in [9.17, 15) is 4.79 Å². The van der Waals surface area contributed by atoms with Gasteiger partial charge in [0, 0.05) is 6.04 Å². The predicted molar refractivity (Wildman–Crippen MR) is 84.2 cm³/mol. The maximum atomic E-state index is 11.8. The van der Waals surface area contributed by atoms with Crippen molar-refractivity contribution in [1.29, 1.82) is 0 Å². The quantitative estimate of drug-likeness (QED) is 0.833. The number of nitrogens with two attached hydrogens (primary N) is 1. The number of carbonyl (C=O) groups is 1. The molecule has 118 valence electrons. The fourth-order valence-corrected chi connectivity index (χ4v) is 1.62. The average Bonchev–Trinajstić information content (AvgIpc) is 2.82. The van der Waals surface area contributed by atoms with Crippen molar-refractivity contribution in [3.05, 3.63) is 12.2 Å². The number of hydrogen-bond acceptors (Lipinski definition) is 4. The maximum Gasteiger partial charge on any atom is 0.237 e. The van der Waals surface area contributed by atoms with Crippen LogP contribution in [0, 0.1) is 5.92 Å². The Labute approximate surface area is 132 Å². The fraction of sp³-hybridized carbons (Fsp3) is 0.750. The first-order chi connectivity index (χ1) is 8.47. The number of amides is 1. The van der Waals surface area contributed by atoms with Crippen molar-refractivity contribution < 1.29 is 4.79 Å². The monoisotopic (exact) mass is 325 g/mol. The predicted octanol–water partition coefficient (Wildman–Crippen LogP) is 1.69. The van der Waals surface area contributed by atoms with Crippen molar-refractivity contribution in [1.82, 2.24) is 20.1 Å². The van der Waals surface area contributed by atoms with E-state index in [2.05, 4.69) is 15.5 Å². The first-order valence-corrected chi connectivity index (χ1v) is 6.39. The molecule has 6 nitrogen and oxygen atoms in total. The summed E-state index contributed by atoms with van der Waals surface area (Å²) >= 11 is 0. The molecule has 2 atom stereocenters. The number of rotatable bonds is 6. The van der Waals surface area contributed by atoms with Gasteiger partial charge in [0.15, 0.2) is 5.82 Å². The lowest BCUT2D eigenvalue weighted by molar-refractivity contribution is -0.123. The molecular weight excluding hydrogens is 301 g/mol. The van der Waals surface area contributed by atoms with Crippen LogP contribution in [0.25, 0.3) is 0 Å². The number of halogens is 2. The normalized spacial score (nSPS) is 13.1. The van der Waals surface area contributed by atoms with E-state index in [1.807, 2.05) is 32.3 Å². The lowest BCUT2D eigenvalue weighted by Gasteiger charge is -2.18. The minimum atomic E-state index is -0.467. The molecule has 0 bridgehead atoms. The third-order valence-electron chi connectivity index (χ3n) is 3.18. The average molecular weight is 326 g/mol. The third-order valence-corrected chi connectivity index (χ3v) is 3.18. The van der Waals surface area contributed by atoms with Crippen LogP contribution in [0.3, 0.4) is 0 Å². The second-order valence-corrected chi connectivity index (χ2v) is 4.88. The summed E-state index contributed by atoms with van der Waals surface area (Å²) in [6.07, 6.45) is 2.55. The summed E-state index contributed by atoms with van der Waals surface area (Å²) in [7, 11) is 0. The zero-order valence-electron chi connectivity index (χ0n) is 12.4. The van der Waals surface area contributed by atoms with E-state index in [0.29, 0.717) is 6.54 Å². The Bertz CT molecular complexity index is 397. The minimum Gasteiger partial charge on any atom is -0.347 e. The summed E-state index contributed by atoms with van der Waals surface area (Å²) in [6.45, 7) is 8.44. The molecule has 2 unspecified atom stereocenters.